The Hall–Kier alpha value is -1.65. The van der Waals surface area contributed by atoms with E-state index in [0.717, 1.165) is 5.00 Å². The third-order valence-electron chi connectivity index (χ3n) is 1.99. The van der Waals surface area contributed by atoms with Crippen molar-refractivity contribution >= 4 is 56.5 Å². The van der Waals surface area contributed by atoms with Crippen molar-refractivity contribution in [3.63, 3.8) is 0 Å². The standard InChI is InChI=1S/C10H11N5O2S3/c1-11-6(16)5-19-10-15-14-9(20-10)13-8(17)12-7-3-2-4-18-7/h2-4H,5H2,1H3,(H,11,16)(H2,12,13,14,17). The highest BCUT2D eigenvalue weighted by atomic mass is 32.2. The summed E-state index contributed by atoms with van der Waals surface area (Å²) in [5.74, 6) is 0.183. The summed E-state index contributed by atoms with van der Waals surface area (Å²) in [6, 6.07) is 3.28. The van der Waals surface area contributed by atoms with Crippen molar-refractivity contribution in [3.05, 3.63) is 17.5 Å². The van der Waals surface area contributed by atoms with E-state index in [1.165, 1.54) is 34.4 Å². The molecule has 0 aliphatic heterocycles. The van der Waals surface area contributed by atoms with Crippen molar-refractivity contribution in [2.75, 3.05) is 23.4 Å². The molecule has 3 amide bonds. The average Bonchev–Trinajstić information content (AvgIpc) is 3.07. The van der Waals surface area contributed by atoms with Crippen molar-refractivity contribution in [2.45, 2.75) is 4.34 Å². The minimum absolute atomic E-state index is 0.0878. The van der Waals surface area contributed by atoms with E-state index in [1.807, 2.05) is 11.4 Å². The van der Waals surface area contributed by atoms with Gasteiger partial charge >= 0.3 is 6.03 Å². The molecule has 2 aromatic heterocycles. The van der Waals surface area contributed by atoms with Gasteiger partial charge in [0.15, 0.2) is 4.34 Å². The third kappa shape index (κ3) is 4.47. The summed E-state index contributed by atoms with van der Waals surface area (Å²) in [5.41, 5.74) is 0. The molecule has 0 saturated heterocycles. The summed E-state index contributed by atoms with van der Waals surface area (Å²) in [6.45, 7) is 0. The molecule has 0 spiro atoms. The second-order valence-corrected chi connectivity index (χ2v) is 6.54. The molecule has 0 radical (unpaired) electrons. The molecule has 0 fully saturated rings. The van der Waals surface area contributed by atoms with Crippen LogP contribution in [0.3, 0.4) is 0 Å². The van der Waals surface area contributed by atoms with Crippen LogP contribution in [0.5, 0.6) is 0 Å². The lowest BCUT2D eigenvalue weighted by Gasteiger charge is -2.01. The Labute approximate surface area is 127 Å². The molecule has 10 heteroatoms. The fourth-order valence-electron chi connectivity index (χ4n) is 1.11. The van der Waals surface area contributed by atoms with Crippen LogP contribution in [0.15, 0.2) is 21.9 Å². The summed E-state index contributed by atoms with van der Waals surface area (Å²) >= 11 is 3.92. The Balaban J connectivity index is 1.83. The van der Waals surface area contributed by atoms with Gasteiger partial charge in [-0.25, -0.2) is 4.79 Å². The van der Waals surface area contributed by atoms with E-state index < -0.39 is 0 Å². The van der Waals surface area contributed by atoms with E-state index in [1.54, 1.807) is 13.1 Å². The second kappa shape index (κ2) is 7.22. The molecule has 3 N–H and O–H groups in total. The molecule has 2 heterocycles. The van der Waals surface area contributed by atoms with Gasteiger partial charge in [-0.15, -0.1) is 21.5 Å². The van der Waals surface area contributed by atoms with Gasteiger partial charge in [0.25, 0.3) is 0 Å². The quantitative estimate of drug-likeness (QED) is 0.576. The topological polar surface area (TPSA) is 96.0 Å². The number of aromatic nitrogens is 2. The Morgan fingerprint density at radius 2 is 2.20 bits per heavy atom. The first-order valence-corrected chi connectivity index (χ1v) is 8.14. The maximum atomic E-state index is 11.7. The average molecular weight is 329 g/mol. The smallest absolute Gasteiger partial charge is 0.326 e. The van der Waals surface area contributed by atoms with Crippen LogP contribution in [-0.4, -0.2) is 34.9 Å². The maximum Gasteiger partial charge on any atom is 0.326 e. The van der Waals surface area contributed by atoms with Crippen LogP contribution in [0.4, 0.5) is 14.9 Å². The summed E-state index contributed by atoms with van der Waals surface area (Å²) in [4.78, 5) is 22.7. The number of hydrogen-bond donors (Lipinski definition) is 3. The van der Waals surface area contributed by atoms with Crippen LogP contribution in [0.1, 0.15) is 0 Å². The first-order valence-electron chi connectivity index (χ1n) is 5.46. The molecule has 0 saturated carbocycles. The fraction of sp³-hybridized carbons (Fsp3) is 0.200. The number of urea groups is 1. The van der Waals surface area contributed by atoms with Gasteiger partial charge in [0, 0.05) is 7.05 Å². The van der Waals surface area contributed by atoms with Gasteiger partial charge in [0.2, 0.25) is 11.0 Å². The van der Waals surface area contributed by atoms with Crippen molar-refractivity contribution in [1.82, 2.24) is 15.5 Å². The normalized spacial score (nSPS) is 10.1. The number of anilines is 2. The number of hydrogen-bond acceptors (Lipinski definition) is 7. The first kappa shape index (κ1) is 14.8. The van der Waals surface area contributed by atoms with E-state index in [-0.39, 0.29) is 17.7 Å². The number of thiophene rings is 1. The van der Waals surface area contributed by atoms with E-state index in [2.05, 4.69) is 26.1 Å². The molecule has 106 valence electrons. The van der Waals surface area contributed by atoms with Crippen molar-refractivity contribution in [2.24, 2.45) is 0 Å². The molecule has 2 rings (SSSR count). The van der Waals surface area contributed by atoms with Gasteiger partial charge < -0.3 is 5.32 Å². The molecule has 0 unspecified atom stereocenters. The first-order chi connectivity index (χ1) is 9.67. The minimum atomic E-state index is -0.369. The van der Waals surface area contributed by atoms with Gasteiger partial charge in [-0.2, -0.15) is 0 Å². The van der Waals surface area contributed by atoms with Gasteiger partial charge in [-0.3, -0.25) is 15.4 Å². The molecule has 0 aliphatic carbocycles. The number of amides is 3. The van der Waals surface area contributed by atoms with E-state index in [9.17, 15) is 9.59 Å². The highest BCUT2D eigenvalue weighted by Gasteiger charge is 2.10. The summed E-state index contributed by atoms with van der Waals surface area (Å²) in [7, 11) is 1.57. The van der Waals surface area contributed by atoms with Crippen LogP contribution in [0, 0.1) is 0 Å². The van der Waals surface area contributed by atoms with Crippen LogP contribution in [-0.2, 0) is 4.79 Å². The molecule has 7 nitrogen and oxygen atoms in total. The summed E-state index contributed by atoms with van der Waals surface area (Å²) in [5, 5.41) is 18.5. The minimum Gasteiger partial charge on any atom is -0.358 e. The third-order valence-corrected chi connectivity index (χ3v) is 4.75. The van der Waals surface area contributed by atoms with Gasteiger partial charge in [-0.1, -0.05) is 23.1 Å². The lowest BCUT2D eigenvalue weighted by atomic mass is 10.6. The zero-order valence-electron chi connectivity index (χ0n) is 10.4. The largest absolute Gasteiger partial charge is 0.358 e. The van der Waals surface area contributed by atoms with Crippen molar-refractivity contribution < 1.29 is 9.59 Å². The van der Waals surface area contributed by atoms with Gasteiger partial charge in [-0.05, 0) is 17.5 Å². The monoisotopic (exact) mass is 329 g/mol. The molecule has 0 atom stereocenters. The lowest BCUT2D eigenvalue weighted by molar-refractivity contribution is -0.118. The fourth-order valence-corrected chi connectivity index (χ4v) is 3.34. The van der Waals surface area contributed by atoms with Gasteiger partial charge in [0.1, 0.15) is 0 Å². The van der Waals surface area contributed by atoms with Crippen molar-refractivity contribution in [3.8, 4) is 0 Å². The van der Waals surface area contributed by atoms with Crippen molar-refractivity contribution in [1.29, 1.82) is 0 Å². The number of nitrogens with one attached hydrogen (secondary N) is 3. The van der Waals surface area contributed by atoms with E-state index in [0.29, 0.717) is 9.47 Å². The van der Waals surface area contributed by atoms with Crippen LogP contribution >= 0.6 is 34.4 Å². The highest BCUT2D eigenvalue weighted by molar-refractivity contribution is 8.01. The predicted octanol–water partition coefficient (Wildman–Crippen LogP) is 2.08. The molecule has 0 aliphatic rings. The van der Waals surface area contributed by atoms with Gasteiger partial charge in [0.05, 0.1) is 10.8 Å². The predicted molar refractivity (Wildman–Crippen MR) is 81.7 cm³/mol. The Kier molecular flexibility index (Phi) is 5.32. The second-order valence-electron chi connectivity index (χ2n) is 3.39. The van der Waals surface area contributed by atoms with Crippen LogP contribution in [0.2, 0.25) is 0 Å². The molecule has 2 aromatic rings. The number of nitrogens with zero attached hydrogens (tertiary/aromatic N) is 2. The molecule has 0 aromatic carbocycles. The van der Waals surface area contributed by atoms with E-state index >= 15 is 0 Å². The Bertz CT molecular complexity index is 583. The molecular weight excluding hydrogens is 318 g/mol. The molecule has 20 heavy (non-hydrogen) atoms. The Morgan fingerprint density at radius 3 is 2.90 bits per heavy atom. The number of carbonyl (C=O) groups is 2. The molecule has 0 bridgehead atoms. The SMILES string of the molecule is CNC(=O)CSc1nnc(NC(=O)Nc2cccs2)s1. The van der Waals surface area contributed by atoms with E-state index in [4.69, 9.17) is 0 Å². The number of rotatable bonds is 5. The molecular formula is C10H11N5O2S3. The van der Waals surface area contributed by atoms with Crippen LogP contribution < -0.4 is 16.0 Å². The van der Waals surface area contributed by atoms with Crippen LogP contribution in [0.25, 0.3) is 0 Å². The summed E-state index contributed by atoms with van der Waals surface area (Å²) in [6.07, 6.45) is 0. The Morgan fingerprint density at radius 1 is 1.35 bits per heavy atom. The lowest BCUT2D eigenvalue weighted by Crippen LogP contribution is -2.19. The number of thioether (sulfide) groups is 1. The zero-order valence-corrected chi connectivity index (χ0v) is 12.8. The number of carbonyl (C=O) groups excluding carboxylic acids is 2. The zero-order chi connectivity index (χ0) is 14.4. The summed E-state index contributed by atoms with van der Waals surface area (Å²) < 4.78 is 0.625. The highest BCUT2D eigenvalue weighted by Crippen LogP contribution is 2.25. The maximum absolute atomic E-state index is 11.7.